The Balaban J connectivity index is 0.00000289. The molecule has 1 N–H and O–H groups in total. The van der Waals surface area contributed by atoms with Gasteiger partial charge in [0.15, 0.2) is 5.96 Å². The number of nitrogens with zero attached hydrogens (tertiary/aromatic N) is 5. The van der Waals surface area contributed by atoms with Crippen LogP contribution < -0.4 is 10.2 Å². The number of rotatable bonds is 5. The summed E-state index contributed by atoms with van der Waals surface area (Å²) in [6.07, 6.45) is 2.96. The van der Waals surface area contributed by atoms with Crippen LogP contribution in [-0.4, -0.2) is 73.2 Å². The van der Waals surface area contributed by atoms with E-state index in [0.29, 0.717) is 0 Å². The number of anilines is 1. The number of hydrogen-bond donors (Lipinski definition) is 1. The van der Waals surface area contributed by atoms with E-state index < -0.39 is 0 Å². The number of guanidine groups is 1. The number of aliphatic imine (C=N–C) groups is 1. The Morgan fingerprint density at radius 2 is 1.91 bits per heavy atom. The van der Waals surface area contributed by atoms with E-state index in [9.17, 15) is 0 Å². The molecule has 0 radical (unpaired) electrons. The van der Waals surface area contributed by atoms with Crippen LogP contribution in [0, 0.1) is 6.92 Å². The molecule has 2 saturated heterocycles. The lowest BCUT2D eigenvalue weighted by Crippen LogP contribution is -2.55. The molecule has 2 aliphatic heterocycles. The average molecular weight is 571 g/mol. The van der Waals surface area contributed by atoms with Crippen LogP contribution in [-0.2, 0) is 16.6 Å². The van der Waals surface area contributed by atoms with Gasteiger partial charge < -0.3 is 19.9 Å². The Bertz CT molecular complexity index is 890. The van der Waals surface area contributed by atoms with Crippen molar-refractivity contribution in [2.24, 2.45) is 4.99 Å². The van der Waals surface area contributed by atoms with Crippen LogP contribution >= 0.6 is 35.5 Å². The van der Waals surface area contributed by atoms with Crippen LogP contribution in [0.4, 0.5) is 5.13 Å². The minimum absolute atomic E-state index is 0. The number of piperazine rings is 1. The van der Waals surface area contributed by atoms with Gasteiger partial charge in [-0.05, 0) is 30.9 Å². The summed E-state index contributed by atoms with van der Waals surface area (Å²) in [5, 5.41) is 4.76. The van der Waals surface area contributed by atoms with E-state index in [0.717, 1.165) is 82.1 Å². The summed E-state index contributed by atoms with van der Waals surface area (Å²) < 4.78 is 10.1. The van der Waals surface area contributed by atoms with Gasteiger partial charge in [0.2, 0.25) is 5.13 Å². The molecule has 2 aromatic rings. The van der Waals surface area contributed by atoms with E-state index in [1.165, 1.54) is 22.7 Å². The van der Waals surface area contributed by atoms with Gasteiger partial charge in [0, 0.05) is 76.4 Å². The van der Waals surface area contributed by atoms with Crippen LogP contribution in [0.25, 0.3) is 0 Å². The highest BCUT2D eigenvalue weighted by Gasteiger charge is 2.36. The van der Waals surface area contributed by atoms with E-state index in [1.54, 1.807) is 0 Å². The highest BCUT2D eigenvalue weighted by atomic mass is 127. The van der Waals surface area contributed by atoms with Crippen LogP contribution in [0.15, 0.2) is 29.3 Å². The van der Waals surface area contributed by atoms with Gasteiger partial charge in [-0.3, -0.25) is 4.99 Å². The largest absolute Gasteiger partial charge is 0.381 e. The number of nitrogens with one attached hydrogen (secondary N) is 1. The molecular formula is C23H35IN6OS. The Morgan fingerprint density at radius 3 is 2.53 bits per heavy atom. The number of aromatic nitrogens is 2. The molecule has 9 heteroatoms. The maximum atomic E-state index is 5.72. The summed E-state index contributed by atoms with van der Waals surface area (Å²) in [7, 11) is 1.89. The molecule has 0 bridgehead atoms. The van der Waals surface area contributed by atoms with Crippen molar-refractivity contribution < 1.29 is 4.74 Å². The van der Waals surface area contributed by atoms with E-state index >= 15 is 0 Å². The first kappa shape index (κ1) is 25.2. The summed E-state index contributed by atoms with van der Waals surface area (Å²) >= 11 is 1.51. The maximum Gasteiger partial charge on any atom is 0.205 e. The fraction of sp³-hybridized carbons (Fsp3) is 0.609. The van der Waals surface area contributed by atoms with Gasteiger partial charge in [-0.15, -0.1) is 24.0 Å². The normalized spacial score (nSPS) is 18.9. The van der Waals surface area contributed by atoms with Crippen molar-refractivity contribution in [3.63, 3.8) is 0 Å². The van der Waals surface area contributed by atoms with Gasteiger partial charge in [-0.2, -0.15) is 4.37 Å². The third kappa shape index (κ3) is 5.53. The van der Waals surface area contributed by atoms with Gasteiger partial charge in [-0.1, -0.05) is 31.2 Å². The lowest BCUT2D eigenvalue weighted by Gasteiger charge is -2.41. The van der Waals surface area contributed by atoms with Gasteiger partial charge in [0.1, 0.15) is 5.82 Å². The number of aryl methyl sites for hydroxylation is 2. The quantitative estimate of drug-likeness (QED) is 0.338. The Kier molecular flexibility index (Phi) is 9.13. The first-order valence-corrected chi connectivity index (χ1v) is 12.1. The SMILES string of the molecule is CCc1nsc(N2CCN(C(=NC)NCC3(c4ccccc4C)CCOCC3)CC2)n1.I. The van der Waals surface area contributed by atoms with Crippen molar-refractivity contribution in [3.05, 3.63) is 41.2 Å². The summed E-state index contributed by atoms with van der Waals surface area (Å²) in [5.74, 6) is 1.93. The molecule has 0 amide bonds. The molecule has 2 aliphatic rings. The van der Waals surface area contributed by atoms with Crippen LogP contribution in [0.3, 0.4) is 0 Å². The van der Waals surface area contributed by atoms with Gasteiger partial charge in [0.25, 0.3) is 0 Å². The zero-order valence-electron chi connectivity index (χ0n) is 19.3. The molecule has 32 heavy (non-hydrogen) atoms. The monoisotopic (exact) mass is 570 g/mol. The Labute approximate surface area is 212 Å². The predicted molar refractivity (Wildman–Crippen MR) is 143 cm³/mol. The summed E-state index contributed by atoms with van der Waals surface area (Å²) in [6.45, 7) is 10.6. The molecule has 1 aromatic carbocycles. The molecule has 0 spiro atoms. The number of ether oxygens (including phenoxy) is 1. The van der Waals surface area contributed by atoms with Crippen molar-refractivity contribution in [1.82, 2.24) is 19.6 Å². The molecule has 0 atom stereocenters. The molecule has 7 nitrogen and oxygen atoms in total. The number of hydrogen-bond acceptors (Lipinski definition) is 6. The summed E-state index contributed by atoms with van der Waals surface area (Å²) in [4.78, 5) is 14.0. The molecule has 176 valence electrons. The van der Waals surface area contributed by atoms with E-state index in [-0.39, 0.29) is 29.4 Å². The topological polar surface area (TPSA) is 65.9 Å². The molecule has 2 fully saturated rings. The fourth-order valence-electron chi connectivity index (χ4n) is 4.68. The molecular weight excluding hydrogens is 535 g/mol. The molecule has 3 heterocycles. The number of halogens is 1. The van der Waals surface area contributed by atoms with E-state index in [4.69, 9.17) is 4.74 Å². The van der Waals surface area contributed by atoms with Crippen molar-refractivity contribution in [3.8, 4) is 0 Å². The van der Waals surface area contributed by atoms with Gasteiger partial charge in [0.05, 0.1) is 0 Å². The van der Waals surface area contributed by atoms with E-state index in [2.05, 4.69) is 67.6 Å². The third-order valence-electron chi connectivity index (χ3n) is 6.59. The first-order chi connectivity index (χ1) is 15.1. The lowest BCUT2D eigenvalue weighted by molar-refractivity contribution is 0.0509. The second-order valence-electron chi connectivity index (χ2n) is 8.43. The van der Waals surface area contributed by atoms with E-state index in [1.807, 2.05) is 7.05 Å². The molecule has 4 rings (SSSR count). The smallest absolute Gasteiger partial charge is 0.205 e. The Hall–Kier alpha value is -1.46. The Morgan fingerprint density at radius 1 is 1.19 bits per heavy atom. The number of benzene rings is 1. The highest BCUT2D eigenvalue weighted by molar-refractivity contribution is 14.0. The van der Waals surface area contributed by atoms with Gasteiger partial charge >= 0.3 is 0 Å². The predicted octanol–water partition coefficient (Wildman–Crippen LogP) is 3.47. The maximum absolute atomic E-state index is 5.72. The molecule has 0 unspecified atom stereocenters. The zero-order chi connectivity index (χ0) is 21.7. The minimum atomic E-state index is 0. The molecule has 0 aliphatic carbocycles. The second kappa shape index (κ2) is 11.6. The minimum Gasteiger partial charge on any atom is -0.381 e. The second-order valence-corrected chi connectivity index (χ2v) is 9.16. The lowest BCUT2D eigenvalue weighted by atomic mass is 9.72. The standard InChI is InChI=1S/C23H34N6OS.HI/c1-4-20-26-22(31-27-20)29-13-11-28(12-14-29)21(24-3)25-17-23(9-15-30-16-10-23)19-8-6-5-7-18(19)2;/h5-8H,4,9-17H2,1-3H3,(H,24,25);1H. The van der Waals surface area contributed by atoms with Crippen molar-refractivity contribution >= 4 is 46.6 Å². The van der Waals surface area contributed by atoms with Crippen LogP contribution in [0.1, 0.15) is 36.7 Å². The van der Waals surface area contributed by atoms with Gasteiger partial charge in [-0.25, -0.2) is 4.98 Å². The van der Waals surface area contributed by atoms with Crippen LogP contribution in [0.2, 0.25) is 0 Å². The fourth-order valence-corrected chi connectivity index (χ4v) is 5.48. The molecule has 1 aromatic heterocycles. The first-order valence-electron chi connectivity index (χ1n) is 11.3. The summed E-state index contributed by atoms with van der Waals surface area (Å²) in [5.41, 5.74) is 2.89. The zero-order valence-corrected chi connectivity index (χ0v) is 22.5. The summed E-state index contributed by atoms with van der Waals surface area (Å²) in [6, 6.07) is 8.79. The molecule has 0 saturated carbocycles. The van der Waals surface area contributed by atoms with Crippen LogP contribution in [0.5, 0.6) is 0 Å². The highest BCUT2D eigenvalue weighted by Crippen LogP contribution is 2.36. The van der Waals surface area contributed by atoms with Crippen molar-refractivity contribution in [1.29, 1.82) is 0 Å². The average Bonchev–Trinajstić information content (AvgIpc) is 3.30. The van der Waals surface area contributed by atoms with Crippen molar-refractivity contribution in [2.75, 3.05) is 57.9 Å². The third-order valence-corrected chi connectivity index (χ3v) is 7.40. The van der Waals surface area contributed by atoms with Crippen molar-refractivity contribution in [2.45, 2.75) is 38.5 Å².